The van der Waals surface area contributed by atoms with Crippen molar-refractivity contribution in [1.29, 1.82) is 0 Å². The smallest absolute Gasteiger partial charge is 0.303 e. The molecule has 0 aliphatic rings. The van der Waals surface area contributed by atoms with Crippen LogP contribution in [0.1, 0.15) is 135 Å². The number of rotatable bonds is 28. The van der Waals surface area contributed by atoms with Crippen molar-refractivity contribution in [2.75, 3.05) is 26.2 Å². The molecule has 7 heteroatoms. The zero-order valence-electron chi connectivity index (χ0n) is 23.6. The zero-order chi connectivity index (χ0) is 27.6. The standard InChI is InChI=1S/C30H55NO6/c1-2-3-4-5-6-7-8-9-10-11-12-13-17-24-31(25-18-14-21-28(32)33,26-19-15-22-29(34)35)27-20-16-23-30(36)37/h6-7H,2-5,8-27H2,1H3,(H2-,32,33,34,35,36,37)/b7-6+. The summed E-state index contributed by atoms with van der Waals surface area (Å²) >= 11 is 0. The number of aliphatic carboxylic acids is 3. The number of quaternary nitrogens is 1. The fourth-order valence-electron chi connectivity index (χ4n) is 5.00. The number of unbranched alkanes of at least 4 members (excludes halogenated alkanes) is 12. The number of carbonyl (C=O) groups is 3. The van der Waals surface area contributed by atoms with Gasteiger partial charge >= 0.3 is 11.9 Å². The molecule has 0 saturated heterocycles. The van der Waals surface area contributed by atoms with Gasteiger partial charge in [-0.15, -0.1) is 0 Å². The minimum absolute atomic E-state index is 0.0615. The van der Waals surface area contributed by atoms with E-state index in [1.807, 2.05) is 0 Å². The molecular formula is C30H55NO6. The van der Waals surface area contributed by atoms with Crippen LogP contribution >= 0.6 is 0 Å². The molecule has 216 valence electrons. The van der Waals surface area contributed by atoms with E-state index in [9.17, 15) is 19.5 Å². The van der Waals surface area contributed by atoms with E-state index in [0.29, 0.717) is 19.3 Å². The lowest BCUT2D eigenvalue weighted by Crippen LogP contribution is -2.51. The molecule has 0 aromatic rings. The van der Waals surface area contributed by atoms with E-state index >= 15 is 0 Å². The SMILES string of the molecule is CCCCC/C=C/CCCCCCCC[N+](CCCCC(=O)[O-])(CCCCC(=O)O)CCCCC(=O)O. The highest BCUT2D eigenvalue weighted by Gasteiger charge is 2.26. The molecule has 0 radical (unpaired) electrons. The fourth-order valence-corrected chi connectivity index (χ4v) is 5.00. The normalized spacial score (nSPS) is 11.8. The quantitative estimate of drug-likeness (QED) is 0.0724. The van der Waals surface area contributed by atoms with Crippen molar-refractivity contribution >= 4 is 17.9 Å². The van der Waals surface area contributed by atoms with Crippen LogP contribution in [0.2, 0.25) is 0 Å². The third-order valence-electron chi connectivity index (χ3n) is 7.20. The molecule has 0 amide bonds. The first-order valence-corrected chi connectivity index (χ1v) is 14.9. The summed E-state index contributed by atoms with van der Waals surface area (Å²) in [7, 11) is 0. The fraction of sp³-hybridized carbons (Fsp3) is 0.833. The second kappa shape index (κ2) is 24.4. The average molecular weight is 526 g/mol. The number of nitrogens with zero attached hydrogens (tertiary/aromatic N) is 1. The van der Waals surface area contributed by atoms with E-state index in [1.165, 1.54) is 57.8 Å². The van der Waals surface area contributed by atoms with Crippen molar-refractivity contribution < 1.29 is 34.2 Å². The Morgan fingerprint density at radius 1 is 0.568 bits per heavy atom. The Morgan fingerprint density at radius 2 is 0.946 bits per heavy atom. The van der Waals surface area contributed by atoms with Gasteiger partial charge in [0.25, 0.3) is 0 Å². The molecule has 0 heterocycles. The van der Waals surface area contributed by atoms with Gasteiger partial charge in [-0.05, 0) is 83.5 Å². The molecule has 7 nitrogen and oxygen atoms in total. The van der Waals surface area contributed by atoms with Crippen LogP contribution in [0.3, 0.4) is 0 Å². The lowest BCUT2D eigenvalue weighted by Gasteiger charge is -2.39. The highest BCUT2D eigenvalue weighted by atomic mass is 16.4. The minimum atomic E-state index is -1.02. The summed E-state index contributed by atoms with van der Waals surface area (Å²) in [5.41, 5.74) is 0. The number of carboxylic acid groups (broad SMARTS) is 3. The Bertz CT molecular complexity index is 564. The van der Waals surface area contributed by atoms with Gasteiger partial charge in [-0.2, -0.15) is 0 Å². The van der Waals surface area contributed by atoms with Crippen molar-refractivity contribution in [3.05, 3.63) is 12.2 Å². The van der Waals surface area contributed by atoms with Gasteiger partial charge in [-0.25, -0.2) is 0 Å². The van der Waals surface area contributed by atoms with Crippen molar-refractivity contribution in [3.63, 3.8) is 0 Å². The van der Waals surface area contributed by atoms with Gasteiger partial charge < -0.3 is 24.6 Å². The largest absolute Gasteiger partial charge is 0.550 e. The summed E-state index contributed by atoms with van der Waals surface area (Å²) < 4.78 is 0.842. The predicted molar refractivity (Wildman–Crippen MR) is 147 cm³/mol. The van der Waals surface area contributed by atoms with Gasteiger partial charge in [0.05, 0.1) is 26.2 Å². The van der Waals surface area contributed by atoms with Crippen LogP contribution in [0.25, 0.3) is 0 Å². The molecule has 0 spiro atoms. The third-order valence-corrected chi connectivity index (χ3v) is 7.20. The lowest BCUT2D eigenvalue weighted by molar-refractivity contribution is -0.929. The maximum atomic E-state index is 11.0. The predicted octanol–water partition coefficient (Wildman–Crippen LogP) is 6.10. The summed E-state index contributed by atoms with van der Waals surface area (Å²) in [6.45, 7) is 5.82. The van der Waals surface area contributed by atoms with Crippen molar-refractivity contribution in [2.45, 2.75) is 135 Å². The molecule has 0 saturated carbocycles. The van der Waals surface area contributed by atoms with Gasteiger partial charge in [0.1, 0.15) is 0 Å². The molecule has 2 N–H and O–H groups in total. The summed E-state index contributed by atoms with van der Waals surface area (Å²) in [5, 5.41) is 28.9. The van der Waals surface area contributed by atoms with Gasteiger partial charge in [0.15, 0.2) is 0 Å². The zero-order valence-corrected chi connectivity index (χ0v) is 23.6. The summed E-state index contributed by atoms with van der Waals surface area (Å²) in [6, 6.07) is 0. The Hall–Kier alpha value is -1.89. The Labute approximate surface area is 225 Å². The van der Waals surface area contributed by atoms with E-state index in [1.54, 1.807) is 0 Å². The number of carboxylic acids is 3. The van der Waals surface area contributed by atoms with Crippen molar-refractivity contribution in [3.8, 4) is 0 Å². The summed E-state index contributed by atoms with van der Waals surface area (Å²) in [6.07, 6.45) is 22.8. The van der Waals surface area contributed by atoms with Gasteiger partial charge in [0, 0.05) is 18.8 Å². The first kappa shape index (κ1) is 35.1. The highest BCUT2D eigenvalue weighted by Crippen LogP contribution is 2.19. The monoisotopic (exact) mass is 525 g/mol. The maximum Gasteiger partial charge on any atom is 0.303 e. The van der Waals surface area contributed by atoms with Crippen molar-refractivity contribution in [1.82, 2.24) is 0 Å². The molecule has 0 aliphatic heterocycles. The van der Waals surface area contributed by atoms with Gasteiger partial charge in [-0.1, -0.05) is 51.2 Å². The Kier molecular flexibility index (Phi) is 23.2. The van der Waals surface area contributed by atoms with E-state index < -0.39 is 17.9 Å². The molecule has 0 rings (SSSR count). The van der Waals surface area contributed by atoms with E-state index in [2.05, 4.69) is 19.1 Å². The molecule has 0 atom stereocenters. The lowest BCUT2D eigenvalue weighted by atomic mass is 10.1. The first-order valence-electron chi connectivity index (χ1n) is 14.9. The van der Waals surface area contributed by atoms with E-state index in [0.717, 1.165) is 62.8 Å². The van der Waals surface area contributed by atoms with E-state index in [4.69, 9.17) is 10.2 Å². The second-order valence-electron chi connectivity index (χ2n) is 10.6. The third kappa shape index (κ3) is 24.2. The molecule has 37 heavy (non-hydrogen) atoms. The number of hydrogen-bond acceptors (Lipinski definition) is 4. The van der Waals surface area contributed by atoms with Crippen LogP contribution in [0, 0.1) is 0 Å². The molecule has 0 bridgehead atoms. The average Bonchev–Trinajstić information content (AvgIpc) is 2.84. The van der Waals surface area contributed by atoms with Crippen LogP contribution in [-0.2, 0) is 14.4 Å². The molecular weight excluding hydrogens is 470 g/mol. The van der Waals surface area contributed by atoms with Crippen LogP contribution in [-0.4, -0.2) is 58.8 Å². The summed E-state index contributed by atoms with van der Waals surface area (Å²) in [5.74, 6) is -2.57. The molecule has 0 aromatic heterocycles. The molecule has 0 aromatic carbocycles. The molecule has 0 unspecified atom stereocenters. The molecule has 0 fully saturated rings. The first-order chi connectivity index (χ1) is 17.8. The van der Waals surface area contributed by atoms with Crippen molar-refractivity contribution in [2.24, 2.45) is 0 Å². The molecule has 0 aliphatic carbocycles. The second-order valence-corrected chi connectivity index (χ2v) is 10.6. The minimum Gasteiger partial charge on any atom is -0.550 e. The number of carbonyl (C=O) groups excluding carboxylic acids is 1. The Morgan fingerprint density at radius 3 is 1.38 bits per heavy atom. The number of hydrogen-bond donors (Lipinski definition) is 2. The van der Waals surface area contributed by atoms with Crippen LogP contribution in [0.4, 0.5) is 0 Å². The number of allylic oxidation sites excluding steroid dienone is 2. The summed E-state index contributed by atoms with van der Waals surface area (Å²) in [4.78, 5) is 32.8. The topological polar surface area (TPSA) is 115 Å². The Balaban J connectivity index is 4.62. The van der Waals surface area contributed by atoms with Gasteiger partial charge in [-0.3, -0.25) is 9.59 Å². The van der Waals surface area contributed by atoms with Crippen LogP contribution in [0.15, 0.2) is 12.2 Å². The van der Waals surface area contributed by atoms with Crippen LogP contribution in [0.5, 0.6) is 0 Å². The highest BCUT2D eigenvalue weighted by molar-refractivity contribution is 5.66. The van der Waals surface area contributed by atoms with Crippen LogP contribution < -0.4 is 5.11 Å². The maximum absolute atomic E-state index is 11.0. The van der Waals surface area contributed by atoms with Gasteiger partial charge in [0.2, 0.25) is 0 Å². The van der Waals surface area contributed by atoms with E-state index in [-0.39, 0.29) is 19.3 Å².